The van der Waals surface area contributed by atoms with Crippen molar-refractivity contribution in [1.29, 1.82) is 0 Å². The molecule has 0 aromatic rings. The van der Waals surface area contributed by atoms with Crippen LogP contribution in [0.1, 0.15) is 52.9 Å². The molecule has 0 bridgehead atoms. The van der Waals surface area contributed by atoms with E-state index in [2.05, 4.69) is 26.8 Å². The molecule has 0 N–H and O–H groups in total. The van der Waals surface area contributed by atoms with E-state index in [0.717, 1.165) is 0 Å². The minimum Gasteiger partial charge on any atom is -0.491 e. The van der Waals surface area contributed by atoms with E-state index in [9.17, 15) is 0 Å². The maximum absolute atomic E-state index is 5.94. The van der Waals surface area contributed by atoms with Crippen molar-refractivity contribution < 1.29 is 4.74 Å². The van der Waals surface area contributed by atoms with Gasteiger partial charge < -0.3 is 4.74 Å². The third-order valence-electron chi connectivity index (χ3n) is 3.53. The first-order valence-electron chi connectivity index (χ1n) is 6.29. The Kier molecular flexibility index (Phi) is 3.18. The fourth-order valence-electron chi connectivity index (χ4n) is 2.71. The molecule has 0 amide bonds. The lowest BCUT2D eigenvalue weighted by Crippen LogP contribution is -2.21. The van der Waals surface area contributed by atoms with Crippen molar-refractivity contribution in [2.45, 2.75) is 59.0 Å². The summed E-state index contributed by atoms with van der Waals surface area (Å²) in [5.74, 6) is 1.91. The summed E-state index contributed by atoms with van der Waals surface area (Å²) >= 11 is 0. The fraction of sp³-hybridized carbons (Fsp3) is 0.714. The molecule has 15 heavy (non-hydrogen) atoms. The van der Waals surface area contributed by atoms with E-state index >= 15 is 0 Å². The first-order chi connectivity index (χ1) is 7.20. The zero-order valence-corrected chi connectivity index (χ0v) is 10.2. The van der Waals surface area contributed by atoms with Crippen molar-refractivity contribution >= 4 is 0 Å². The average Bonchev–Trinajstić information content (AvgIpc) is 2.17. The Morgan fingerprint density at radius 3 is 2.93 bits per heavy atom. The molecule has 0 saturated carbocycles. The van der Waals surface area contributed by atoms with Crippen LogP contribution >= 0.6 is 0 Å². The van der Waals surface area contributed by atoms with Crippen LogP contribution in [0.2, 0.25) is 0 Å². The van der Waals surface area contributed by atoms with Gasteiger partial charge >= 0.3 is 0 Å². The molecule has 1 aliphatic carbocycles. The summed E-state index contributed by atoms with van der Waals surface area (Å²) in [4.78, 5) is 0. The lowest BCUT2D eigenvalue weighted by molar-refractivity contribution is 0.109. The van der Waals surface area contributed by atoms with E-state index in [1.165, 1.54) is 37.9 Å². The van der Waals surface area contributed by atoms with Crippen LogP contribution < -0.4 is 0 Å². The summed E-state index contributed by atoms with van der Waals surface area (Å²) in [6.45, 7) is 6.77. The highest BCUT2D eigenvalue weighted by atomic mass is 16.5. The van der Waals surface area contributed by atoms with Gasteiger partial charge in [-0.25, -0.2) is 0 Å². The van der Waals surface area contributed by atoms with Gasteiger partial charge in [0.2, 0.25) is 0 Å². The predicted molar refractivity (Wildman–Crippen MR) is 63.6 cm³/mol. The summed E-state index contributed by atoms with van der Waals surface area (Å²) in [6.07, 6.45) is 8.90. The second kappa shape index (κ2) is 4.42. The molecule has 0 radical (unpaired) electrons. The highest BCUT2D eigenvalue weighted by Gasteiger charge is 2.25. The van der Waals surface area contributed by atoms with Crippen LogP contribution in [0.4, 0.5) is 0 Å². The average molecular weight is 206 g/mol. The zero-order chi connectivity index (χ0) is 10.8. The normalized spacial score (nSPS) is 30.7. The maximum Gasteiger partial charge on any atom is 0.119 e. The molecule has 1 nitrogen and oxygen atoms in total. The third-order valence-corrected chi connectivity index (χ3v) is 3.53. The summed E-state index contributed by atoms with van der Waals surface area (Å²) in [7, 11) is 0. The van der Waals surface area contributed by atoms with Crippen LogP contribution in [-0.4, -0.2) is 6.10 Å². The molecule has 1 unspecified atom stereocenters. The standard InChI is InChI=1S/C14H22O/c1-4-5-12-8-10(2)13-7-6-11(3)15-14(13)9-12/h9-11H,4-8H2,1-3H3/t10?,11-/m0/s1. The molecule has 0 spiro atoms. The monoisotopic (exact) mass is 206 g/mol. The second-order valence-corrected chi connectivity index (χ2v) is 5.01. The molecular weight excluding hydrogens is 184 g/mol. The van der Waals surface area contributed by atoms with Gasteiger partial charge in [-0.2, -0.15) is 0 Å². The van der Waals surface area contributed by atoms with Crippen molar-refractivity contribution in [3.05, 3.63) is 23.0 Å². The Hall–Kier alpha value is -0.720. The summed E-state index contributed by atoms with van der Waals surface area (Å²) in [6, 6.07) is 0. The summed E-state index contributed by atoms with van der Waals surface area (Å²) < 4.78 is 5.94. The quantitative estimate of drug-likeness (QED) is 0.657. The zero-order valence-electron chi connectivity index (χ0n) is 10.2. The van der Waals surface area contributed by atoms with Crippen molar-refractivity contribution in [1.82, 2.24) is 0 Å². The van der Waals surface area contributed by atoms with Gasteiger partial charge in [-0.3, -0.25) is 0 Å². The van der Waals surface area contributed by atoms with Crippen LogP contribution in [-0.2, 0) is 4.74 Å². The minimum absolute atomic E-state index is 0.410. The molecular formula is C14H22O. The molecule has 0 fully saturated rings. The molecule has 0 aromatic heterocycles. The lowest BCUT2D eigenvalue weighted by Gasteiger charge is -2.32. The highest BCUT2D eigenvalue weighted by Crippen LogP contribution is 2.38. The molecule has 84 valence electrons. The van der Waals surface area contributed by atoms with Gasteiger partial charge in [0.25, 0.3) is 0 Å². The second-order valence-electron chi connectivity index (χ2n) is 5.01. The third kappa shape index (κ3) is 2.27. The van der Waals surface area contributed by atoms with Crippen LogP contribution in [0.25, 0.3) is 0 Å². The van der Waals surface area contributed by atoms with Gasteiger partial charge in [0.1, 0.15) is 5.76 Å². The maximum atomic E-state index is 5.94. The van der Waals surface area contributed by atoms with E-state index in [1.807, 2.05) is 0 Å². The molecule has 1 aliphatic heterocycles. The van der Waals surface area contributed by atoms with Gasteiger partial charge in [-0.05, 0) is 50.2 Å². The Bertz CT molecular complexity index is 298. The van der Waals surface area contributed by atoms with E-state index < -0.39 is 0 Å². The smallest absolute Gasteiger partial charge is 0.119 e. The number of hydrogen-bond donors (Lipinski definition) is 0. The van der Waals surface area contributed by atoms with Gasteiger partial charge in [0, 0.05) is 0 Å². The van der Waals surface area contributed by atoms with Gasteiger partial charge in [-0.15, -0.1) is 0 Å². The molecule has 0 saturated heterocycles. The SMILES string of the molecule is CCCC1=CC2=C(CC[C@H](C)O2)C(C)C1. The lowest BCUT2D eigenvalue weighted by atomic mass is 9.82. The van der Waals surface area contributed by atoms with E-state index in [-0.39, 0.29) is 0 Å². The predicted octanol–water partition coefficient (Wildman–Crippen LogP) is 4.21. The minimum atomic E-state index is 0.410. The summed E-state index contributed by atoms with van der Waals surface area (Å²) in [5.41, 5.74) is 3.14. The number of ether oxygens (including phenoxy) is 1. The number of hydrogen-bond acceptors (Lipinski definition) is 1. The number of allylic oxidation sites excluding steroid dienone is 3. The fourth-order valence-corrected chi connectivity index (χ4v) is 2.71. The van der Waals surface area contributed by atoms with Crippen LogP contribution in [0, 0.1) is 5.92 Å². The van der Waals surface area contributed by atoms with Crippen molar-refractivity contribution in [2.24, 2.45) is 5.92 Å². The first kappa shape index (κ1) is 10.8. The van der Waals surface area contributed by atoms with Gasteiger partial charge in [-0.1, -0.05) is 25.8 Å². The van der Waals surface area contributed by atoms with Gasteiger partial charge in [0.15, 0.2) is 0 Å². The summed E-state index contributed by atoms with van der Waals surface area (Å²) in [5, 5.41) is 0. The Morgan fingerprint density at radius 1 is 1.40 bits per heavy atom. The Labute approximate surface area is 93.2 Å². The molecule has 1 heteroatoms. The molecule has 2 aliphatic rings. The largest absolute Gasteiger partial charge is 0.491 e. The van der Waals surface area contributed by atoms with Crippen molar-refractivity contribution in [2.75, 3.05) is 0 Å². The van der Waals surface area contributed by atoms with Crippen molar-refractivity contribution in [3.63, 3.8) is 0 Å². The van der Waals surface area contributed by atoms with E-state index in [0.29, 0.717) is 12.0 Å². The molecule has 1 heterocycles. The topological polar surface area (TPSA) is 9.23 Å². The number of rotatable bonds is 2. The molecule has 2 rings (SSSR count). The highest BCUT2D eigenvalue weighted by molar-refractivity contribution is 5.32. The van der Waals surface area contributed by atoms with Crippen LogP contribution in [0.5, 0.6) is 0 Å². The Balaban J connectivity index is 2.20. The first-order valence-corrected chi connectivity index (χ1v) is 6.29. The van der Waals surface area contributed by atoms with Crippen LogP contribution in [0.15, 0.2) is 23.0 Å². The van der Waals surface area contributed by atoms with Crippen LogP contribution in [0.3, 0.4) is 0 Å². The van der Waals surface area contributed by atoms with Gasteiger partial charge in [0.05, 0.1) is 6.10 Å². The Morgan fingerprint density at radius 2 is 2.20 bits per heavy atom. The van der Waals surface area contributed by atoms with E-state index in [4.69, 9.17) is 4.74 Å². The van der Waals surface area contributed by atoms with Crippen molar-refractivity contribution in [3.8, 4) is 0 Å². The molecule has 2 atom stereocenters. The van der Waals surface area contributed by atoms with E-state index in [1.54, 1.807) is 11.1 Å². The molecule has 0 aromatic carbocycles.